The van der Waals surface area contributed by atoms with Crippen LogP contribution in [0.2, 0.25) is 0 Å². The number of hydrogen-bond acceptors (Lipinski definition) is 2. The van der Waals surface area contributed by atoms with Gasteiger partial charge in [0, 0.05) is 19.6 Å². The van der Waals surface area contributed by atoms with E-state index >= 15 is 0 Å². The molecule has 1 fully saturated rings. The number of nitrogens with zero attached hydrogens (tertiary/aromatic N) is 1. The van der Waals surface area contributed by atoms with Crippen LogP contribution < -0.4 is 0 Å². The molecule has 0 aliphatic carbocycles. The molecule has 0 aromatic carbocycles. The summed E-state index contributed by atoms with van der Waals surface area (Å²) in [4.78, 5) is 1.69. The van der Waals surface area contributed by atoms with Crippen molar-refractivity contribution in [1.29, 1.82) is 0 Å². The Morgan fingerprint density at radius 3 is 2.39 bits per heavy atom. The summed E-state index contributed by atoms with van der Waals surface area (Å²) in [5.74, 6) is 1.08. The quantitative estimate of drug-likeness (QED) is 0.717. The van der Waals surface area contributed by atoms with Crippen molar-refractivity contribution in [2.75, 3.05) is 19.6 Å². The molecule has 5 heteroatoms. The summed E-state index contributed by atoms with van der Waals surface area (Å²) < 4.78 is 36.5. The summed E-state index contributed by atoms with van der Waals surface area (Å²) in [6.07, 6.45) is -1.89. The number of hydrogen-bond donors (Lipinski definition) is 1. The van der Waals surface area contributed by atoms with E-state index in [2.05, 4.69) is 13.8 Å². The average Bonchev–Trinajstić information content (AvgIpc) is 2.21. The molecule has 1 aliphatic heterocycles. The zero-order valence-corrected chi connectivity index (χ0v) is 11.2. The molecule has 0 radical (unpaired) electrons. The number of β-amino-alcohol motifs (C(OH)–C–C–N with tert-alkyl or cyclic N) is 1. The number of unbranched alkanes of at least 4 members (excludes halogenated alkanes) is 2. The van der Waals surface area contributed by atoms with Gasteiger partial charge in [-0.1, -0.05) is 39.5 Å². The van der Waals surface area contributed by atoms with E-state index in [1.54, 1.807) is 4.90 Å². The second-order valence-corrected chi connectivity index (χ2v) is 5.51. The fraction of sp³-hybridized carbons (Fsp3) is 1.00. The summed E-state index contributed by atoms with van der Waals surface area (Å²) in [5, 5.41) is 8.95. The zero-order valence-electron chi connectivity index (χ0n) is 11.2. The molecule has 2 atom stereocenters. The van der Waals surface area contributed by atoms with Crippen molar-refractivity contribution in [3.05, 3.63) is 0 Å². The molecular formula is C13H24F3NO. The molecular weight excluding hydrogens is 243 g/mol. The number of aliphatic hydroxyl groups is 1. The second-order valence-electron chi connectivity index (χ2n) is 5.51. The average molecular weight is 267 g/mol. The Morgan fingerprint density at radius 1 is 1.28 bits per heavy atom. The van der Waals surface area contributed by atoms with Gasteiger partial charge in [0.1, 0.15) is 0 Å². The van der Waals surface area contributed by atoms with E-state index in [0.29, 0.717) is 24.9 Å². The van der Waals surface area contributed by atoms with Crippen LogP contribution in [-0.2, 0) is 0 Å². The minimum absolute atomic E-state index is 0.276. The van der Waals surface area contributed by atoms with Crippen LogP contribution in [0.3, 0.4) is 0 Å². The highest BCUT2D eigenvalue weighted by atomic mass is 19.4. The van der Waals surface area contributed by atoms with Crippen molar-refractivity contribution >= 4 is 0 Å². The van der Waals surface area contributed by atoms with Gasteiger partial charge < -0.3 is 5.11 Å². The van der Waals surface area contributed by atoms with Gasteiger partial charge in [-0.15, -0.1) is 0 Å². The third-order valence-corrected chi connectivity index (χ3v) is 3.86. The Balaban J connectivity index is 2.15. The molecule has 2 nitrogen and oxygen atoms in total. The van der Waals surface area contributed by atoms with E-state index in [1.165, 1.54) is 19.3 Å². The van der Waals surface area contributed by atoms with E-state index in [-0.39, 0.29) is 6.54 Å². The smallest absolute Gasteiger partial charge is 0.382 e. The van der Waals surface area contributed by atoms with Gasteiger partial charge in [0.15, 0.2) is 6.10 Å². The fourth-order valence-electron chi connectivity index (χ4n) is 2.42. The number of rotatable bonds is 7. The fourth-order valence-corrected chi connectivity index (χ4v) is 2.42. The molecule has 1 aliphatic rings. The minimum atomic E-state index is -4.49. The first-order chi connectivity index (χ1) is 8.34. The summed E-state index contributed by atoms with van der Waals surface area (Å²) in [5.41, 5.74) is 0. The van der Waals surface area contributed by atoms with Crippen molar-refractivity contribution in [3.63, 3.8) is 0 Å². The minimum Gasteiger partial charge on any atom is -0.382 e. The normalized spacial score (nSPS) is 21.7. The van der Waals surface area contributed by atoms with Gasteiger partial charge >= 0.3 is 6.18 Å². The highest BCUT2D eigenvalue weighted by molar-refractivity contribution is 4.85. The van der Waals surface area contributed by atoms with Gasteiger partial charge in [-0.25, -0.2) is 0 Å². The van der Waals surface area contributed by atoms with Crippen LogP contribution in [0.25, 0.3) is 0 Å². The summed E-state index contributed by atoms with van der Waals surface area (Å²) in [6.45, 7) is 5.45. The predicted octanol–water partition coefficient (Wildman–Crippen LogP) is 3.06. The first-order valence-corrected chi connectivity index (χ1v) is 6.81. The van der Waals surface area contributed by atoms with Gasteiger partial charge in [-0.05, 0) is 11.8 Å². The molecule has 1 saturated heterocycles. The lowest BCUT2D eigenvalue weighted by molar-refractivity contribution is -0.212. The van der Waals surface area contributed by atoms with Crippen LogP contribution in [0.15, 0.2) is 0 Å². The number of alkyl halides is 3. The highest BCUT2D eigenvalue weighted by Crippen LogP contribution is 2.29. The largest absolute Gasteiger partial charge is 0.415 e. The lowest BCUT2D eigenvalue weighted by Crippen LogP contribution is -2.54. The Bertz CT molecular complexity index is 239. The third-order valence-electron chi connectivity index (χ3n) is 3.86. The first kappa shape index (κ1) is 15.8. The molecule has 1 rings (SSSR count). The lowest BCUT2D eigenvalue weighted by atomic mass is 9.83. The predicted molar refractivity (Wildman–Crippen MR) is 65.3 cm³/mol. The van der Waals surface area contributed by atoms with E-state index < -0.39 is 12.3 Å². The van der Waals surface area contributed by atoms with Crippen molar-refractivity contribution in [3.8, 4) is 0 Å². The zero-order chi connectivity index (χ0) is 13.8. The maximum absolute atomic E-state index is 12.2. The second kappa shape index (κ2) is 6.75. The van der Waals surface area contributed by atoms with E-state index in [9.17, 15) is 13.2 Å². The Morgan fingerprint density at radius 2 is 1.89 bits per heavy atom. The molecule has 0 spiro atoms. The topological polar surface area (TPSA) is 23.5 Å². The van der Waals surface area contributed by atoms with Crippen molar-refractivity contribution in [1.82, 2.24) is 4.90 Å². The highest BCUT2D eigenvalue weighted by Gasteiger charge is 2.41. The molecule has 0 amide bonds. The summed E-state index contributed by atoms with van der Waals surface area (Å²) in [7, 11) is 0. The van der Waals surface area contributed by atoms with Crippen LogP contribution >= 0.6 is 0 Å². The first-order valence-electron chi connectivity index (χ1n) is 6.81. The maximum atomic E-state index is 12.2. The van der Waals surface area contributed by atoms with Crippen LogP contribution in [-0.4, -0.2) is 41.9 Å². The van der Waals surface area contributed by atoms with E-state index in [4.69, 9.17) is 5.11 Å². The van der Waals surface area contributed by atoms with Gasteiger partial charge in [0.2, 0.25) is 0 Å². The summed E-state index contributed by atoms with van der Waals surface area (Å²) in [6, 6.07) is 0. The van der Waals surface area contributed by atoms with Crippen molar-refractivity contribution < 1.29 is 18.3 Å². The van der Waals surface area contributed by atoms with Gasteiger partial charge in [0.05, 0.1) is 0 Å². The molecule has 0 aromatic rings. The van der Waals surface area contributed by atoms with Crippen LogP contribution in [0.4, 0.5) is 13.2 Å². The number of halogens is 3. The molecule has 2 unspecified atom stereocenters. The van der Waals surface area contributed by atoms with Gasteiger partial charge in [-0.3, -0.25) is 4.90 Å². The Labute approximate surface area is 107 Å². The SMILES string of the molecule is CCCCCC(C)C1CN(CC(O)C(F)(F)F)C1. The van der Waals surface area contributed by atoms with E-state index in [1.807, 2.05) is 0 Å². The standard InChI is InChI=1S/C13H24F3NO/c1-3-4-5-6-10(2)11-7-17(8-11)9-12(18)13(14,15)16/h10-12,18H,3-9H2,1-2H3. The Kier molecular flexibility index (Phi) is 5.92. The molecule has 0 saturated carbocycles. The van der Waals surface area contributed by atoms with Gasteiger partial charge in [0.25, 0.3) is 0 Å². The van der Waals surface area contributed by atoms with E-state index in [0.717, 1.165) is 6.42 Å². The molecule has 0 aromatic heterocycles. The Hall–Kier alpha value is -0.290. The van der Waals surface area contributed by atoms with Crippen LogP contribution in [0.1, 0.15) is 39.5 Å². The maximum Gasteiger partial charge on any atom is 0.415 e. The number of likely N-dealkylation sites (tertiary alicyclic amines) is 1. The molecule has 1 N–H and O–H groups in total. The van der Waals surface area contributed by atoms with Crippen LogP contribution in [0.5, 0.6) is 0 Å². The third kappa shape index (κ3) is 4.76. The van der Waals surface area contributed by atoms with Crippen molar-refractivity contribution in [2.45, 2.75) is 51.8 Å². The molecule has 18 heavy (non-hydrogen) atoms. The number of aliphatic hydroxyl groups excluding tert-OH is 1. The van der Waals surface area contributed by atoms with Gasteiger partial charge in [-0.2, -0.15) is 13.2 Å². The molecule has 1 heterocycles. The van der Waals surface area contributed by atoms with Crippen molar-refractivity contribution in [2.24, 2.45) is 11.8 Å². The molecule has 0 bridgehead atoms. The molecule has 108 valence electrons. The lowest BCUT2D eigenvalue weighted by Gasteiger charge is -2.43. The summed E-state index contributed by atoms with van der Waals surface area (Å²) >= 11 is 0. The monoisotopic (exact) mass is 267 g/mol. The van der Waals surface area contributed by atoms with Crippen LogP contribution in [0, 0.1) is 11.8 Å².